The van der Waals surface area contributed by atoms with Crippen molar-refractivity contribution >= 4 is 27.7 Å². The van der Waals surface area contributed by atoms with Gasteiger partial charge in [0.1, 0.15) is 0 Å². The van der Waals surface area contributed by atoms with Crippen LogP contribution >= 0.6 is 11.8 Å². The first-order valence-electron chi connectivity index (χ1n) is 6.53. The van der Waals surface area contributed by atoms with Gasteiger partial charge in [-0.1, -0.05) is 0 Å². The molecular weight excluding hydrogens is 286 g/mol. The largest absolute Gasteiger partial charge is 0.341 e. The van der Waals surface area contributed by atoms with E-state index in [1.165, 1.54) is 6.26 Å². The molecule has 2 saturated heterocycles. The number of nitrogens with one attached hydrogen (secondary N) is 2. The minimum absolute atomic E-state index is 0.0345. The molecular formula is C11H21N3O3S2. The van der Waals surface area contributed by atoms with E-state index in [2.05, 4.69) is 10.0 Å². The highest BCUT2D eigenvalue weighted by atomic mass is 32.2. The number of carbonyl (C=O) groups is 1. The second kappa shape index (κ2) is 6.43. The smallest absolute Gasteiger partial charge is 0.240 e. The van der Waals surface area contributed by atoms with Crippen LogP contribution in [-0.4, -0.2) is 68.7 Å². The van der Waals surface area contributed by atoms with E-state index in [0.29, 0.717) is 25.9 Å². The number of hydrogen-bond acceptors (Lipinski definition) is 5. The number of sulfonamides is 1. The Morgan fingerprint density at radius 2 is 2.05 bits per heavy atom. The predicted octanol–water partition coefficient (Wildman–Crippen LogP) is -0.768. The number of piperidine rings is 1. The van der Waals surface area contributed by atoms with Crippen LogP contribution in [0, 0.1) is 0 Å². The molecule has 0 bridgehead atoms. The van der Waals surface area contributed by atoms with Crippen molar-refractivity contribution in [3.05, 3.63) is 0 Å². The lowest BCUT2D eigenvalue weighted by Crippen LogP contribution is -2.54. The van der Waals surface area contributed by atoms with Crippen molar-refractivity contribution in [1.29, 1.82) is 0 Å². The highest BCUT2D eigenvalue weighted by molar-refractivity contribution is 7.99. The van der Waals surface area contributed by atoms with Gasteiger partial charge in [-0.15, -0.1) is 0 Å². The number of carbonyl (C=O) groups excluding carboxylic acids is 1. The Morgan fingerprint density at radius 1 is 1.37 bits per heavy atom. The van der Waals surface area contributed by atoms with Crippen LogP contribution in [0.2, 0.25) is 0 Å². The van der Waals surface area contributed by atoms with Crippen LogP contribution in [-0.2, 0) is 14.8 Å². The average molecular weight is 307 g/mol. The van der Waals surface area contributed by atoms with Crippen LogP contribution in [0.5, 0.6) is 0 Å². The molecule has 0 radical (unpaired) electrons. The van der Waals surface area contributed by atoms with Crippen LogP contribution in [0.25, 0.3) is 0 Å². The molecule has 1 amide bonds. The fraction of sp³-hybridized carbons (Fsp3) is 0.909. The van der Waals surface area contributed by atoms with Crippen LogP contribution in [0.4, 0.5) is 0 Å². The quantitative estimate of drug-likeness (QED) is 0.716. The van der Waals surface area contributed by atoms with Gasteiger partial charge in [0.2, 0.25) is 15.9 Å². The third kappa shape index (κ3) is 4.62. The molecule has 1 atom stereocenters. The number of likely N-dealkylation sites (tertiary alicyclic amines) is 1. The Labute approximate surface area is 118 Å². The van der Waals surface area contributed by atoms with Gasteiger partial charge in [0.25, 0.3) is 0 Å². The molecule has 1 unspecified atom stereocenters. The minimum Gasteiger partial charge on any atom is -0.341 e. The normalized spacial score (nSPS) is 26.4. The molecule has 2 aliphatic rings. The SMILES string of the molecule is CS(=O)(=O)NC1CCN(C(=O)C2CSCCN2)CC1. The summed E-state index contributed by atoms with van der Waals surface area (Å²) in [6, 6.07) is -0.106. The molecule has 0 aromatic heterocycles. The van der Waals surface area contributed by atoms with Crippen LogP contribution in [0.15, 0.2) is 0 Å². The Kier molecular flexibility index (Phi) is 5.10. The lowest BCUT2D eigenvalue weighted by molar-refractivity contribution is -0.134. The van der Waals surface area contributed by atoms with Gasteiger partial charge in [-0.3, -0.25) is 4.79 Å². The molecule has 2 rings (SSSR count). The fourth-order valence-corrected chi connectivity index (χ4v) is 4.23. The molecule has 2 N–H and O–H groups in total. The maximum Gasteiger partial charge on any atom is 0.240 e. The van der Waals surface area contributed by atoms with Gasteiger partial charge < -0.3 is 10.2 Å². The Morgan fingerprint density at radius 3 is 2.58 bits per heavy atom. The Bertz CT molecular complexity index is 413. The average Bonchev–Trinajstić information content (AvgIpc) is 2.38. The molecule has 0 aliphatic carbocycles. The van der Waals surface area contributed by atoms with E-state index in [-0.39, 0.29) is 18.0 Å². The molecule has 8 heteroatoms. The van der Waals surface area contributed by atoms with Gasteiger partial charge in [0, 0.05) is 37.2 Å². The van der Waals surface area contributed by atoms with E-state index in [1.807, 2.05) is 4.90 Å². The summed E-state index contributed by atoms with van der Waals surface area (Å²) in [5.74, 6) is 2.05. The van der Waals surface area contributed by atoms with E-state index < -0.39 is 10.0 Å². The summed E-state index contributed by atoms with van der Waals surface area (Å²) in [7, 11) is -3.15. The monoisotopic (exact) mass is 307 g/mol. The van der Waals surface area contributed by atoms with Crippen LogP contribution in [0.3, 0.4) is 0 Å². The van der Waals surface area contributed by atoms with Crippen molar-refractivity contribution in [3.63, 3.8) is 0 Å². The van der Waals surface area contributed by atoms with E-state index in [0.717, 1.165) is 18.1 Å². The molecule has 110 valence electrons. The van der Waals surface area contributed by atoms with E-state index in [9.17, 15) is 13.2 Å². The maximum atomic E-state index is 12.3. The van der Waals surface area contributed by atoms with Crippen molar-refractivity contribution in [1.82, 2.24) is 14.9 Å². The van der Waals surface area contributed by atoms with Crippen molar-refractivity contribution in [2.75, 3.05) is 37.4 Å². The highest BCUT2D eigenvalue weighted by Gasteiger charge is 2.29. The third-order valence-electron chi connectivity index (χ3n) is 3.41. The van der Waals surface area contributed by atoms with Gasteiger partial charge in [0.15, 0.2) is 0 Å². The van der Waals surface area contributed by atoms with Gasteiger partial charge in [-0.25, -0.2) is 13.1 Å². The molecule has 0 aromatic carbocycles. The first-order chi connectivity index (χ1) is 8.96. The summed E-state index contributed by atoms with van der Waals surface area (Å²) >= 11 is 1.80. The van der Waals surface area contributed by atoms with Crippen molar-refractivity contribution < 1.29 is 13.2 Å². The van der Waals surface area contributed by atoms with E-state index in [1.54, 1.807) is 11.8 Å². The number of rotatable bonds is 3. The summed E-state index contributed by atoms with van der Waals surface area (Å²) in [5, 5.41) is 3.24. The molecule has 2 heterocycles. The third-order valence-corrected chi connectivity index (χ3v) is 5.23. The lowest BCUT2D eigenvalue weighted by Gasteiger charge is -2.35. The van der Waals surface area contributed by atoms with Crippen LogP contribution in [0.1, 0.15) is 12.8 Å². The number of amides is 1. The second-order valence-electron chi connectivity index (χ2n) is 5.07. The van der Waals surface area contributed by atoms with Gasteiger partial charge in [-0.2, -0.15) is 11.8 Å². The number of nitrogens with zero attached hydrogens (tertiary/aromatic N) is 1. The topological polar surface area (TPSA) is 78.5 Å². The summed E-state index contributed by atoms with van der Waals surface area (Å²) in [5.41, 5.74) is 0. The first-order valence-corrected chi connectivity index (χ1v) is 9.57. The molecule has 0 spiro atoms. The second-order valence-corrected chi connectivity index (χ2v) is 8.00. The predicted molar refractivity (Wildman–Crippen MR) is 76.7 cm³/mol. The Balaban J connectivity index is 1.80. The summed E-state index contributed by atoms with van der Waals surface area (Å²) in [6.45, 7) is 2.15. The zero-order chi connectivity index (χ0) is 13.9. The van der Waals surface area contributed by atoms with Gasteiger partial charge in [-0.05, 0) is 12.8 Å². The van der Waals surface area contributed by atoms with Crippen molar-refractivity contribution in [2.24, 2.45) is 0 Å². The number of hydrogen-bond donors (Lipinski definition) is 2. The highest BCUT2D eigenvalue weighted by Crippen LogP contribution is 2.15. The standard InChI is InChI=1S/C11H21N3O3S2/c1-19(16,17)13-9-2-5-14(6-3-9)11(15)10-8-18-7-4-12-10/h9-10,12-13H,2-8H2,1H3. The first kappa shape index (κ1) is 15.1. The molecule has 2 fully saturated rings. The molecule has 6 nitrogen and oxygen atoms in total. The number of thioether (sulfide) groups is 1. The summed E-state index contributed by atoms with van der Waals surface area (Å²) in [4.78, 5) is 14.1. The molecule has 0 aromatic rings. The van der Waals surface area contributed by atoms with Crippen LogP contribution < -0.4 is 10.0 Å². The maximum absolute atomic E-state index is 12.3. The van der Waals surface area contributed by atoms with Crippen molar-refractivity contribution in [2.45, 2.75) is 24.9 Å². The van der Waals surface area contributed by atoms with Crippen molar-refractivity contribution in [3.8, 4) is 0 Å². The zero-order valence-electron chi connectivity index (χ0n) is 11.1. The summed E-state index contributed by atoms with van der Waals surface area (Å²) in [6.07, 6.45) is 2.56. The van der Waals surface area contributed by atoms with Gasteiger partial charge in [0.05, 0.1) is 12.3 Å². The fourth-order valence-electron chi connectivity index (χ4n) is 2.46. The lowest BCUT2D eigenvalue weighted by atomic mass is 10.1. The summed E-state index contributed by atoms with van der Waals surface area (Å²) < 4.78 is 24.9. The van der Waals surface area contributed by atoms with E-state index >= 15 is 0 Å². The van der Waals surface area contributed by atoms with Gasteiger partial charge >= 0.3 is 0 Å². The molecule has 19 heavy (non-hydrogen) atoms. The molecule has 2 aliphatic heterocycles. The minimum atomic E-state index is -3.15. The zero-order valence-corrected chi connectivity index (χ0v) is 12.7. The van der Waals surface area contributed by atoms with E-state index in [4.69, 9.17) is 0 Å². The molecule has 0 saturated carbocycles. The Hall–Kier alpha value is -0.310.